The van der Waals surface area contributed by atoms with Crippen LogP contribution >= 0.6 is 0 Å². The second kappa shape index (κ2) is 21.5. The fourth-order valence-electron chi connectivity index (χ4n) is 9.00. The largest absolute Gasteiger partial charge is 0.458 e. The monoisotopic (exact) mass is 940 g/mol. The number of alkyl carbamates (subject to hydrolysis) is 1. The van der Waals surface area contributed by atoms with Gasteiger partial charge in [-0.3, -0.25) is 4.79 Å². The lowest BCUT2D eigenvalue weighted by molar-refractivity contribution is -0.381. The predicted octanol–water partition coefficient (Wildman–Crippen LogP) is 4.39. The molecule has 1 unspecified atom stereocenters. The van der Waals surface area contributed by atoms with Gasteiger partial charge in [0.25, 0.3) is 0 Å². The van der Waals surface area contributed by atoms with Gasteiger partial charge >= 0.3 is 12.1 Å². The first-order chi connectivity index (χ1) is 32.6. The third-order valence-electron chi connectivity index (χ3n) is 12.2. The van der Waals surface area contributed by atoms with Crippen molar-refractivity contribution in [3.05, 3.63) is 131 Å². The zero-order valence-electron chi connectivity index (χ0n) is 38.5. The van der Waals surface area contributed by atoms with Crippen molar-refractivity contribution >= 4 is 18.0 Å². The fourth-order valence-corrected chi connectivity index (χ4v) is 9.00. The van der Waals surface area contributed by atoms with Crippen LogP contribution in [-0.4, -0.2) is 132 Å². The molecule has 3 fully saturated rings. The van der Waals surface area contributed by atoms with Crippen molar-refractivity contribution in [1.29, 1.82) is 0 Å². The van der Waals surface area contributed by atoms with Crippen LogP contribution in [0.1, 0.15) is 69.1 Å². The van der Waals surface area contributed by atoms with E-state index >= 15 is 0 Å². The van der Waals surface area contributed by atoms with E-state index in [4.69, 9.17) is 42.6 Å². The molecule has 0 saturated carbocycles. The number of esters is 1. The Balaban J connectivity index is 1.04. The first kappa shape index (κ1) is 49.1. The Hall–Kier alpha value is -5.31. The average molecular weight is 941 g/mol. The summed E-state index contributed by atoms with van der Waals surface area (Å²) in [5, 5.41) is 39.0. The van der Waals surface area contributed by atoms with Crippen molar-refractivity contribution in [2.45, 2.75) is 133 Å². The molecule has 3 heterocycles. The standard InChI is InChI=1S/C51H60N2O15/c1-28(39(46(58)68-51(3,4)5)53-50(59)62-25-36-34-22-14-12-20-32(34)33-21-13-15-23-35(33)36)63-48-40(52-29(2)54)45(44-38(65-48)27-61-47(66-44)31-18-10-7-11-19-31)67-49-43(57)42(56)41(55)37(64-49)26-60-24-30-16-8-6-9-17-30/h6-23,28,36-45,47-49,55-57H,24-27H2,1-5H3,(H,52,54)(H,53,59)/t28-,37-,38-,39+,40-,41+,42+,43-,44+,45-,47?,48+,49+/m1/s1. The Kier molecular flexibility index (Phi) is 15.6. The van der Waals surface area contributed by atoms with Crippen LogP contribution in [0.5, 0.6) is 0 Å². The van der Waals surface area contributed by atoms with E-state index in [1.807, 2.05) is 109 Å². The Morgan fingerprint density at radius 3 is 2.04 bits per heavy atom. The van der Waals surface area contributed by atoms with E-state index in [1.165, 1.54) is 13.8 Å². The van der Waals surface area contributed by atoms with Gasteiger partial charge in [-0.05, 0) is 55.5 Å². The SMILES string of the molecule is CC(=O)N[C@H]1[C@@H](O[C@H](C)[C@H](NC(=O)OCC2c3ccccc3-c3ccccc32)C(=O)OC(C)(C)C)O[C@@H]2COC(c3ccccc3)O[C@@H]2[C@@H]1O[C@@H]1O[C@H](COCc2ccccc2)[C@H](O)[C@H](O)[C@H]1O. The molecule has 3 saturated heterocycles. The minimum absolute atomic E-state index is 0.0284. The van der Waals surface area contributed by atoms with Gasteiger partial charge in [-0.2, -0.15) is 0 Å². The maximum absolute atomic E-state index is 14.0. The predicted molar refractivity (Wildman–Crippen MR) is 242 cm³/mol. The maximum Gasteiger partial charge on any atom is 0.407 e. The number of amides is 2. The lowest BCUT2D eigenvalue weighted by Gasteiger charge is -2.51. The highest BCUT2D eigenvalue weighted by atomic mass is 16.8. The van der Waals surface area contributed by atoms with Crippen molar-refractivity contribution in [2.75, 3.05) is 19.8 Å². The van der Waals surface area contributed by atoms with E-state index in [0.29, 0.717) is 5.56 Å². The Morgan fingerprint density at radius 2 is 1.40 bits per heavy atom. The summed E-state index contributed by atoms with van der Waals surface area (Å²) in [6.07, 6.45) is -15.6. The van der Waals surface area contributed by atoms with E-state index in [2.05, 4.69) is 10.6 Å². The number of carbonyl (C=O) groups excluding carboxylic acids is 3. The normalized spacial score (nSPS) is 28.8. The molecule has 0 bridgehead atoms. The van der Waals surface area contributed by atoms with E-state index in [-0.39, 0.29) is 32.3 Å². The topological polar surface area (TPSA) is 219 Å². The van der Waals surface area contributed by atoms with Crippen molar-refractivity contribution in [2.24, 2.45) is 0 Å². The number of benzene rings is 4. The molecule has 0 spiro atoms. The molecule has 2 amide bonds. The number of hydrogen-bond donors (Lipinski definition) is 5. The van der Waals surface area contributed by atoms with Crippen LogP contribution in [0.3, 0.4) is 0 Å². The van der Waals surface area contributed by atoms with E-state index < -0.39 is 103 Å². The van der Waals surface area contributed by atoms with Crippen LogP contribution in [0.25, 0.3) is 11.1 Å². The van der Waals surface area contributed by atoms with Gasteiger partial charge in [-0.15, -0.1) is 0 Å². The number of rotatable bonds is 15. The van der Waals surface area contributed by atoms with E-state index in [9.17, 15) is 29.7 Å². The Bertz CT molecular complexity index is 2290. The van der Waals surface area contributed by atoms with Crippen molar-refractivity contribution in [3.63, 3.8) is 0 Å². The second-order valence-electron chi connectivity index (χ2n) is 18.4. The zero-order chi connectivity index (χ0) is 48.1. The highest BCUT2D eigenvalue weighted by molar-refractivity contribution is 5.83. The number of fused-ring (bicyclic) bond motifs is 4. The third kappa shape index (κ3) is 11.4. The summed E-state index contributed by atoms with van der Waals surface area (Å²) < 4.78 is 55.8. The minimum atomic E-state index is -1.78. The summed E-state index contributed by atoms with van der Waals surface area (Å²) in [7, 11) is 0. The van der Waals surface area contributed by atoms with Gasteiger partial charge in [-0.1, -0.05) is 109 Å². The molecule has 17 nitrogen and oxygen atoms in total. The van der Waals surface area contributed by atoms with Gasteiger partial charge in [0.2, 0.25) is 5.91 Å². The van der Waals surface area contributed by atoms with Crippen LogP contribution in [0, 0.1) is 0 Å². The van der Waals surface area contributed by atoms with Gasteiger partial charge in [0.15, 0.2) is 24.9 Å². The summed E-state index contributed by atoms with van der Waals surface area (Å²) in [6.45, 7) is 7.76. The van der Waals surface area contributed by atoms with E-state index in [0.717, 1.165) is 27.8 Å². The third-order valence-corrected chi connectivity index (χ3v) is 12.2. The van der Waals surface area contributed by atoms with Crippen molar-refractivity contribution < 1.29 is 72.3 Å². The molecule has 5 N–H and O–H groups in total. The molecular formula is C51H60N2O15. The van der Waals surface area contributed by atoms with Crippen LogP contribution in [0.2, 0.25) is 0 Å². The molecule has 4 aliphatic rings. The van der Waals surface area contributed by atoms with Crippen LogP contribution < -0.4 is 10.6 Å². The van der Waals surface area contributed by atoms with Gasteiger partial charge in [-0.25, -0.2) is 9.59 Å². The molecule has 0 radical (unpaired) electrons. The lowest BCUT2D eigenvalue weighted by Crippen LogP contribution is -2.70. The summed E-state index contributed by atoms with van der Waals surface area (Å²) in [5.74, 6) is -1.63. The first-order valence-electron chi connectivity index (χ1n) is 22.9. The van der Waals surface area contributed by atoms with Gasteiger partial charge in [0.05, 0.1) is 25.9 Å². The fraction of sp³-hybridized carbons (Fsp3) is 0.471. The Morgan fingerprint density at radius 1 is 0.765 bits per heavy atom. The molecular weight excluding hydrogens is 881 g/mol. The smallest absolute Gasteiger partial charge is 0.407 e. The first-order valence-corrected chi connectivity index (χ1v) is 22.9. The van der Waals surface area contributed by atoms with Gasteiger partial charge in [0, 0.05) is 18.4 Å². The summed E-state index contributed by atoms with van der Waals surface area (Å²) >= 11 is 0. The minimum Gasteiger partial charge on any atom is -0.458 e. The number of aliphatic hydroxyl groups is 3. The number of carbonyl (C=O) groups is 3. The van der Waals surface area contributed by atoms with Gasteiger partial charge < -0.3 is 68.6 Å². The van der Waals surface area contributed by atoms with Crippen LogP contribution in [0.4, 0.5) is 4.79 Å². The molecule has 17 heteroatoms. The van der Waals surface area contributed by atoms with Gasteiger partial charge in [0.1, 0.15) is 61.0 Å². The van der Waals surface area contributed by atoms with E-state index in [1.54, 1.807) is 20.8 Å². The summed E-state index contributed by atoms with van der Waals surface area (Å²) in [4.78, 5) is 40.8. The molecule has 8 rings (SSSR count). The maximum atomic E-state index is 14.0. The molecule has 0 aromatic heterocycles. The van der Waals surface area contributed by atoms with Crippen molar-refractivity contribution in [1.82, 2.24) is 10.6 Å². The molecule has 13 atom stereocenters. The van der Waals surface area contributed by atoms with Crippen molar-refractivity contribution in [3.8, 4) is 11.1 Å². The molecule has 4 aromatic carbocycles. The van der Waals surface area contributed by atoms with Crippen LogP contribution in [0.15, 0.2) is 109 Å². The summed E-state index contributed by atoms with van der Waals surface area (Å²) in [5.41, 5.74) is 4.67. The molecule has 1 aliphatic carbocycles. The zero-order valence-corrected chi connectivity index (χ0v) is 38.5. The quantitative estimate of drug-likeness (QED) is 0.104. The highest BCUT2D eigenvalue weighted by Gasteiger charge is 2.55. The number of hydrogen-bond acceptors (Lipinski definition) is 15. The Labute approximate surface area is 394 Å². The summed E-state index contributed by atoms with van der Waals surface area (Å²) in [6, 6.07) is 31.5. The molecule has 68 heavy (non-hydrogen) atoms. The molecule has 364 valence electrons. The number of aliphatic hydroxyl groups excluding tert-OH is 3. The van der Waals surface area contributed by atoms with Crippen LogP contribution in [-0.2, 0) is 58.8 Å². The second-order valence-corrected chi connectivity index (χ2v) is 18.4. The average Bonchev–Trinajstić information content (AvgIpc) is 3.64. The number of nitrogens with one attached hydrogen (secondary N) is 2. The highest BCUT2D eigenvalue weighted by Crippen LogP contribution is 2.45. The number of ether oxygens (including phenoxy) is 9. The molecule has 3 aliphatic heterocycles. The lowest BCUT2D eigenvalue weighted by atomic mass is 9.94. The molecule has 4 aromatic rings.